The van der Waals surface area contributed by atoms with E-state index in [0.717, 1.165) is 27.9 Å². The highest BCUT2D eigenvalue weighted by molar-refractivity contribution is 5.83. The van der Waals surface area contributed by atoms with Crippen molar-refractivity contribution in [2.24, 2.45) is 0 Å². The van der Waals surface area contributed by atoms with Crippen LogP contribution in [-0.2, 0) is 0 Å². The maximum Gasteiger partial charge on any atom is 0.336 e. The van der Waals surface area contributed by atoms with E-state index in [1.165, 1.54) is 6.07 Å². The zero-order chi connectivity index (χ0) is 17.2. The molecule has 0 unspecified atom stereocenters. The minimum Gasteiger partial charge on any atom is -0.423 e. The molecule has 0 aliphatic heterocycles. The van der Waals surface area contributed by atoms with Crippen LogP contribution in [0.4, 0.5) is 11.6 Å². The zero-order valence-electron chi connectivity index (χ0n) is 13.4. The molecule has 0 fully saturated rings. The number of nitrogens with zero attached hydrogens (tertiary/aromatic N) is 3. The largest absolute Gasteiger partial charge is 0.423 e. The normalized spacial score (nSPS) is 10.8. The third-order valence-electron chi connectivity index (χ3n) is 3.82. The van der Waals surface area contributed by atoms with Crippen LogP contribution in [0.25, 0.3) is 22.2 Å². The first kappa shape index (κ1) is 15.0. The van der Waals surface area contributed by atoms with Crippen molar-refractivity contribution >= 4 is 22.6 Å². The molecular weight excluding hydrogens is 316 g/mol. The highest BCUT2D eigenvalue weighted by atomic mass is 16.4. The maximum absolute atomic E-state index is 11.6. The van der Waals surface area contributed by atoms with Crippen molar-refractivity contribution in [3.05, 3.63) is 77.0 Å². The number of hydrogen-bond acceptors (Lipinski definition) is 6. The first-order chi connectivity index (χ1) is 12.2. The number of rotatable bonds is 3. The van der Waals surface area contributed by atoms with Crippen molar-refractivity contribution < 1.29 is 4.42 Å². The summed E-state index contributed by atoms with van der Waals surface area (Å²) in [6.07, 6.45) is 5.15. The fourth-order valence-corrected chi connectivity index (χ4v) is 2.63. The fourth-order valence-electron chi connectivity index (χ4n) is 2.63. The van der Waals surface area contributed by atoms with Gasteiger partial charge < -0.3 is 9.73 Å². The Labute approximate surface area is 143 Å². The molecule has 0 atom stereocenters. The van der Waals surface area contributed by atoms with Gasteiger partial charge in [-0.05, 0) is 42.8 Å². The summed E-state index contributed by atoms with van der Waals surface area (Å²) in [5, 5.41) is 4.04. The monoisotopic (exact) mass is 330 g/mol. The SMILES string of the molecule is Cc1cc(=O)oc2cc(Nc3nccc(-c4cccnc4)n3)ccc12. The Kier molecular flexibility index (Phi) is 3.70. The van der Waals surface area contributed by atoms with Crippen molar-refractivity contribution in [1.82, 2.24) is 15.0 Å². The molecule has 25 heavy (non-hydrogen) atoms. The third-order valence-corrected chi connectivity index (χ3v) is 3.82. The minimum absolute atomic E-state index is 0.364. The molecule has 1 N–H and O–H groups in total. The van der Waals surface area contributed by atoms with Gasteiger partial charge in [-0.25, -0.2) is 14.8 Å². The van der Waals surface area contributed by atoms with Crippen molar-refractivity contribution in [2.75, 3.05) is 5.32 Å². The van der Waals surface area contributed by atoms with Gasteiger partial charge in [0.2, 0.25) is 5.95 Å². The number of pyridine rings is 1. The lowest BCUT2D eigenvalue weighted by Crippen LogP contribution is -2.00. The van der Waals surface area contributed by atoms with E-state index in [-0.39, 0.29) is 5.63 Å². The molecule has 122 valence electrons. The highest BCUT2D eigenvalue weighted by Crippen LogP contribution is 2.23. The Morgan fingerprint density at radius 3 is 2.84 bits per heavy atom. The predicted molar refractivity (Wildman–Crippen MR) is 95.8 cm³/mol. The molecular formula is C19H14N4O2. The lowest BCUT2D eigenvalue weighted by Gasteiger charge is -2.08. The van der Waals surface area contributed by atoms with E-state index in [4.69, 9.17) is 4.42 Å². The van der Waals surface area contributed by atoms with Gasteiger partial charge in [-0.1, -0.05) is 0 Å². The van der Waals surface area contributed by atoms with Crippen LogP contribution in [0.5, 0.6) is 0 Å². The van der Waals surface area contributed by atoms with Crippen LogP contribution in [0.2, 0.25) is 0 Å². The topological polar surface area (TPSA) is 80.9 Å². The number of fused-ring (bicyclic) bond motifs is 1. The van der Waals surface area contributed by atoms with Gasteiger partial charge >= 0.3 is 5.63 Å². The second-order valence-corrected chi connectivity index (χ2v) is 5.59. The molecule has 0 spiro atoms. The van der Waals surface area contributed by atoms with E-state index in [1.54, 1.807) is 24.7 Å². The number of nitrogens with one attached hydrogen (secondary N) is 1. The standard InChI is InChI=1S/C19H14N4O2/c1-12-9-18(24)25-17-10-14(4-5-15(12)17)22-19-21-8-6-16(23-19)13-3-2-7-20-11-13/h2-11H,1H3,(H,21,22,23). The van der Waals surface area contributed by atoms with E-state index in [1.807, 2.05) is 37.3 Å². The van der Waals surface area contributed by atoms with E-state index in [2.05, 4.69) is 20.3 Å². The molecule has 4 aromatic rings. The molecule has 4 rings (SSSR count). The van der Waals surface area contributed by atoms with Crippen molar-refractivity contribution in [3.8, 4) is 11.3 Å². The molecule has 0 saturated carbocycles. The van der Waals surface area contributed by atoms with Crippen molar-refractivity contribution in [3.63, 3.8) is 0 Å². The van der Waals surface area contributed by atoms with Gasteiger partial charge in [0.25, 0.3) is 0 Å². The van der Waals surface area contributed by atoms with Crippen LogP contribution in [-0.4, -0.2) is 15.0 Å². The van der Waals surface area contributed by atoms with Crippen LogP contribution in [0.1, 0.15) is 5.56 Å². The molecule has 1 aromatic carbocycles. The third kappa shape index (κ3) is 3.10. The Balaban J connectivity index is 1.69. The van der Waals surface area contributed by atoms with Crippen LogP contribution < -0.4 is 10.9 Å². The maximum atomic E-state index is 11.6. The quantitative estimate of drug-likeness (QED) is 0.577. The smallest absolute Gasteiger partial charge is 0.336 e. The lowest BCUT2D eigenvalue weighted by atomic mass is 10.1. The van der Waals surface area contributed by atoms with Crippen molar-refractivity contribution in [2.45, 2.75) is 6.92 Å². The van der Waals surface area contributed by atoms with E-state index >= 15 is 0 Å². The van der Waals surface area contributed by atoms with Gasteiger partial charge in [-0.2, -0.15) is 0 Å². The van der Waals surface area contributed by atoms with Gasteiger partial charge in [-0.3, -0.25) is 4.98 Å². The number of anilines is 2. The second kappa shape index (κ2) is 6.16. The molecule has 0 aliphatic rings. The number of benzene rings is 1. The molecule has 3 heterocycles. The Bertz CT molecular complexity index is 1110. The molecule has 0 aliphatic carbocycles. The first-order valence-corrected chi connectivity index (χ1v) is 7.74. The van der Waals surface area contributed by atoms with E-state index < -0.39 is 0 Å². The fraction of sp³-hybridized carbons (Fsp3) is 0.0526. The van der Waals surface area contributed by atoms with Crippen LogP contribution in [0, 0.1) is 6.92 Å². The average molecular weight is 330 g/mol. The minimum atomic E-state index is -0.364. The van der Waals surface area contributed by atoms with Gasteiger partial charge in [0.1, 0.15) is 5.58 Å². The number of aryl methyl sites for hydroxylation is 1. The van der Waals surface area contributed by atoms with Crippen LogP contribution in [0.15, 0.2) is 70.3 Å². The molecule has 0 saturated heterocycles. The van der Waals surface area contributed by atoms with Gasteiger partial charge in [0.05, 0.1) is 5.69 Å². The second-order valence-electron chi connectivity index (χ2n) is 5.59. The Morgan fingerprint density at radius 2 is 2.00 bits per heavy atom. The molecule has 0 amide bonds. The highest BCUT2D eigenvalue weighted by Gasteiger charge is 2.06. The van der Waals surface area contributed by atoms with Gasteiger partial charge in [0, 0.05) is 47.4 Å². The summed E-state index contributed by atoms with van der Waals surface area (Å²) in [4.78, 5) is 24.4. The van der Waals surface area contributed by atoms with Gasteiger partial charge in [-0.15, -0.1) is 0 Å². The van der Waals surface area contributed by atoms with Gasteiger partial charge in [0.15, 0.2) is 0 Å². The summed E-state index contributed by atoms with van der Waals surface area (Å²) in [5.41, 5.74) is 3.47. The number of aromatic nitrogens is 3. The molecule has 0 bridgehead atoms. The van der Waals surface area contributed by atoms with Crippen molar-refractivity contribution in [1.29, 1.82) is 0 Å². The first-order valence-electron chi connectivity index (χ1n) is 7.74. The Morgan fingerprint density at radius 1 is 1.08 bits per heavy atom. The predicted octanol–water partition coefficient (Wildman–Crippen LogP) is 3.70. The molecule has 3 aromatic heterocycles. The molecule has 0 radical (unpaired) electrons. The van der Waals surface area contributed by atoms with Crippen LogP contribution in [0.3, 0.4) is 0 Å². The summed E-state index contributed by atoms with van der Waals surface area (Å²) < 4.78 is 5.27. The summed E-state index contributed by atoms with van der Waals surface area (Å²) in [5.74, 6) is 0.454. The Hall–Kier alpha value is -3.54. The number of hydrogen-bond donors (Lipinski definition) is 1. The average Bonchev–Trinajstić information content (AvgIpc) is 2.62. The van der Waals surface area contributed by atoms with E-state index in [0.29, 0.717) is 11.5 Å². The zero-order valence-corrected chi connectivity index (χ0v) is 13.4. The lowest BCUT2D eigenvalue weighted by molar-refractivity contribution is 0.560. The summed E-state index contributed by atoms with van der Waals surface area (Å²) >= 11 is 0. The van der Waals surface area contributed by atoms with E-state index in [9.17, 15) is 4.79 Å². The van der Waals surface area contributed by atoms with Crippen LogP contribution >= 0.6 is 0 Å². The molecule has 6 heteroatoms. The summed E-state index contributed by atoms with van der Waals surface area (Å²) in [6, 6.07) is 12.7. The summed E-state index contributed by atoms with van der Waals surface area (Å²) in [7, 11) is 0. The summed E-state index contributed by atoms with van der Waals surface area (Å²) in [6.45, 7) is 1.88. The molecule has 6 nitrogen and oxygen atoms in total.